The van der Waals surface area contributed by atoms with Gasteiger partial charge < -0.3 is 5.32 Å². The molecule has 0 aliphatic carbocycles. The first kappa shape index (κ1) is 15.2. The summed E-state index contributed by atoms with van der Waals surface area (Å²) in [5.41, 5.74) is 4.54. The summed E-state index contributed by atoms with van der Waals surface area (Å²) < 4.78 is 27.0. The number of hydrogen-bond acceptors (Lipinski definition) is 5. The van der Waals surface area contributed by atoms with E-state index < -0.39 is 10.0 Å². The standard InChI is InChI=1S/C12H13N3O2S2.ClH/c16-19(17,12-7-14-8-18-12)15-11-2-1-10-6-13-4-3-9(10)5-11;/h1-2,5,7-8,13,15H,3-4,6H2;1H. The minimum absolute atomic E-state index is 0. The van der Waals surface area contributed by atoms with Crippen LogP contribution in [0.1, 0.15) is 11.1 Å². The monoisotopic (exact) mass is 331 g/mol. The molecule has 0 saturated heterocycles. The maximum absolute atomic E-state index is 12.1. The fourth-order valence-corrected chi connectivity index (χ4v) is 3.93. The third-order valence-electron chi connectivity index (χ3n) is 3.02. The number of sulfonamides is 1. The van der Waals surface area contributed by atoms with Gasteiger partial charge in [-0.2, -0.15) is 0 Å². The lowest BCUT2D eigenvalue weighted by Crippen LogP contribution is -2.23. The lowest BCUT2D eigenvalue weighted by Gasteiger charge is -2.18. The molecule has 0 radical (unpaired) electrons. The predicted octanol–water partition coefficient (Wildman–Crippen LogP) is 2.01. The van der Waals surface area contributed by atoms with Crippen molar-refractivity contribution in [3.63, 3.8) is 0 Å². The highest BCUT2D eigenvalue weighted by atomic mass is 35.5. The van der Waals surface area contributed by atoms with Crippen molar-refractivity contribution < 1.29 is 8.42 Å². The van der Waals surface area contributed by atoms with Crippen molar-refractivity contribution in [1.29, 1.82) is 0 Å². The smallest absolute Gasteiger partial charge is 0.273 e. The van der Waals surface area contributed by atoms with Crippen molar-refractivity contribution in [3.8, 4) is 0 Å². The van der Waals surface area contributed by atoms with Gasteiger partial charge in [-0.25, -0.2) is 8.42 Å². The quantitative estimate of drug-likeness (QED) is 0.902. The summed E-state index contributed by atoms with van der Waals surface area (Å²) in [5.74, 6) is 0. The van der Waals surface area contributed by atoms with Gasteiger partial charge in [0.25, 0.3) is 10.0 Å². The first-order valence-corrected chi connectivity index (χ1v) is 8.25. The van der Waals surface area contributed by atoms with Crippen LogP contribution in [0, 0.1) is 0 Å². The molecule has 0 atom stereocenters. The molecule has 0 fully saturated rings. The molecule has 3 rings (SSSR count). The van der Waals surface area contributed by atoms with Crippen molar-refractivity contribution in [1.82, 2.24) is 10.3 Å². The van der Waals surface area contributed by atoms with Crippen molar-refractivity contribution in [2.75, 3.05) is 11.3 Å². The topological polar surface area (TPSA) is 71.1 Å². The minimum atomic E-state index is -3.51. The summed E-state index contributed by atoms with van der Waals surface area (Å²) >= 11 is 1.11. The van der Waals surface area contributed by atoms with E-state index in [9.17, 15) is 8.42 Å². The molecule has 1 aromatic carbocycles. The molecule has 0 bridgehead atoms. The zero-order chi connectivity index (χ0) is 13.3. The number of nitrogens with one attached hydrogen (secondary N) is 2. The van der Waals surface area contributed by atoms with Crippen LogP contribution in [0.5, 0.6) is 0 Å². The molecule has 2 aromatic rings. The van der Waals surface area contributed by atoms with Gasteiger partial charge in [-0.3, -0.25) is 9.71 Å². The van der Waals surface area contributed by atoms with Gasteiger partial charge in [-0.1, -0.05) is 6.07 Å². The first-order chi connectivity index (χ1) is 9.15. The normalized spacial score (nSPS) is 14.2. The van der Waals surface area contributed by atoms with Gasteiger partial charge in [-0.15, -0.1) is 23.7 Å². The van der Waals surface area contributed by atoms with Crippen LogP contribution in [0.3, 0.4) is 0 Å². The largest absolute Gasteiger partial charge is 0.312 e. The van der Waals surface area contributed by atoms with Gasteiger partial charge in [0.1, 0.15) is 0 Å². The number of nitrogens with zero attached hydrogens (tertiary/aromatic N) is 1. The van der Waals surface area contributed by atoms with Gasteiger partial charge in [0.05, 0.1) is 11.7 Å². The van der Waals surface area contributed by atoms with E-state index in [0.29, 0.717) is 5.69 Å². The summed E-state index contributed by atoms with van der Waals surface area (Å²) in [5, 5.41) is 3.29. The van der Waals surface area contributed by atoms with E-state index in [4.69, 9.17) is 0 Å². The van der Waals surface area contributed by atoms with E-state index in [1.54, 1.807) is 6.07 Å². The Bertz CT molecular complexity index is 687. The maximum Gasteiger partial charge on any atom is 0.273 e. The molecule has 8 heteroatoms. The third-order valence-corrected chi connectivity index (χ3v) is 5.67. The number of aromatic nitrogens is 1. The van der Waals surface area contributed by atoms with E-state index in [1.807, 2.05) is 12.1 Å². The number of thiazole rings is 1. The lowest BCUT2D eigenvalue weighted by atomic mass is 10.0. The number of halogens is 1. The highest BCUT2D eigenvalue weighted by Gasteiger charge is 2.17. The van der Waals surface area contributed by atoms with Crippen LogP contribution in [0.25, 0.3) is 0 Å². The van der Waals surface area contributed by atoms with Crippen LogP contribution < -0.4 is 10.0 Å². The van der Waals surface area contributed by atoms with Crippen LogP contribution >= 0.6 is 23.7 Å². The Labute approximate surface area is 127 Å². The second-order valence-electron chi connectivity index (χ2n) is 4.34. The highest BCUT2D eigenvalue weighted by molar-refractivity contribution is 7.94. The van der Waals surface area contributed by atoms with E-state index in [1.165, 1.54) is 22.8 Å². The Morgan fingerprint density at radius 2 is 2.15 bits per heavy atom. The summed E-state index contributed by atoms with van der Waals surface area (Å²) in [6.07, 6.45) is 2.28. The molecular weight excluding hydrogens is 318 g/mol. The SMILES string of the molecule is Cl.O=S(=O)(Nc1ccc2c(c1)CCNC2)c1cncs1. The van der Waals surface area contributed by atoms with E-state index in [0.717, 1.165) is 30.8 Å². The molecule has 0 amide bonds. The van der Waals surface area contributed by atoms with E-state index >= 15 is 0 Å². The molecule has 5 nitrogen and oxygen atoms in total. The fraction of sp³-hybridized carbons (Fsp3) is 0.250. The Kier molecular flexibility index (Phi) is 4.64. The molecule has 1 aliphatic heterocycles. The molecule has 0 unspecified atom stereocenters. The fourth-order valence-electron chi connectivity index (χ4n) is 2.08. The number of anilines is 1. The molecule has 2 N–H and O–H groups in total. The summed E-state index contributed by atoms with van der Waals surface area (Å²) in [4.78, 5) is 3.79. The molecule has 1 aromatic heterocycles. The van der Waals surface area contributed by atoms with Gasteiger partial charge in [0, 0.05) is 12.2 Å². The zero-order valence-electron chi connectivity index (χ0n) is 10.5. The molecule has 2 heterocycles. The average Bonchev–Trinajstić information content (AvgIpc) is 2.93. The van der Waals surface area contributed by atoms with Crippen LogP contribution in [0.15, 0.2) is 34.1 Å². The minimum Gasteiger partial charge on any atom is -0.312 e. The Morgan fingerprint density at radius 1 is 1.30 bits per heavy atom. The van der Waals surface area contributed by atoms with Crippen molar-refractivity contribution in [3.05, 3.63) is 41.0 Å². The molecule has 0 saturated carbocycles. The lowest BCUT2D eigenvalue weighted by molar-refractivity contribution is 0.603. The highest BCUT2D eigenvalue weighted by Crippen LogP contribution is 2.22. The maximum atomic E-state index is 12.1. The van der Waals surface area contributed by atoms with Crippen LogP contribution in [0.2, 0.25) is 0 Å². The summed E-state index contributed by atoms with van der Waals surface area (Å²) in [7, 11) is -3.51. The van der Waals surface area contributed by atoms with Crippen LogP contribution in [-0.2, 0) is 23.0 Å². The summed E-state index contributed by atoms with van der Waals surface area (Å²) in [6.45, 7) is 1.77. The van der Waals surface area contributed by atoms with Crippen molar-refractivity contribution in [2.24, 2.45) is 0 Å². The van der Waals surface area contributed by atoms with Crippen molar-refractivity contribution in [2.45, 2.75) is 17.2 Å². The van der Waals surface area contributed by atoms with E-state index in [2.05, 4.69) is 15.0 Å². The molecule has 108 valence electrons. The van der Waals surface area contributed by atoms with Gasteiger partial charge in [0.15, 0.2) is 4.21 Å². The molecule has 1 aliphatic rings. The van der Waals surface area contributed by atoms with Gasteiger partial charge in [-0.05, 0) is 36.2 Å². The van der Waals surface area contributed by atoms with Crippen LogP contribution in [0.4, 0.5) is 5.69 Å². The number of fused-ring (bicyclic) bond motifs is 1. The number of hydrogen-bond donors (Lipinski definition) is 2. The molecular formula is C12H14ClN3O2S2. The Hall–Kier alpha value is -1.15. The third kappa shape index (κ3) is 3.12. The number of rotatable bonds is 3. The molecule has 20 heavy (non-hydrogen) atoms. The second kappa shape index (κ2) is 6.09. The van der Waals surface area contributed by atoms with Crippen molar-refractivity contribution >= 4 is 39.5 Å². The van der Waals surface area contributed by atoms with E-state index in [-0.39, 0.29) is 16.6 Å². The first-order valence-electron chi connectivity index (χ1n) is 5.89. The second-order valence-corrected chi connectivity index (χ2v) is 7.13. The predicted molar refractivity (Wildman–Crippen MR) is 82.0 cm³/mol. The average molecular weight is 332 g/mol. The van der Waals surface area contributed by atoms with Crippen LogP contribution in [-0.4, -0.2) is 19.9 Å². The Morgan fingerprint density at radius 3 is 2.90 bits per heavy atom. The zero-order valence-corrected chi connectivity index (χ0v) is 12.9. The van der Waals surface area contributed by atoms with Gasteiger partial charge >= 0.3 is 0 Å². The number of benzene rings is 1. The Balaban J connectivity index is 0.00000147. The summed E-state index contributed by atoms with van der Waals surface area (Å²) in [6, 6.07) is 5.67. The van der Waals surface area contributed by atoms with Gasteiger partial charge in [0.2, 0.25) is 0 Å². The molecule has 0 spiro atoms.